The molecule has 1 aliphatic heterocycles. The Labute approximate surface area is 90.7 Å². The van der Waals surface area contributed by atoms with Crippen molar-refractivity contribution in [1.29, 1.82) is 0 Å². The van der Waals surface area contributed by atoms with E-state index < -0.39 is 7.74 Å². The Bertz CT molecular complexity index is 85.4. The Kier molecular flexibility index (Phi) is 8.02. The molecule has 1 fully saturated rings. The maximum atomic E-state index is 7.89. The molecule has 0 atom stereocenters. The summed E-state index contributed by atoms with van der Waals surface area (Å²) in [6.45, 7) is 0. The van der Waals surface area contributed by atoms with E-state index in [1.165, 1.54) is 0 Å². The minimum atomic E-state index is -4.80. The van der Waals surface area contributed by atoms with E-state index in [2.05, 4.69) is 9.35 Å². The van der Waals surface area contributed by atoms with E-state index in [-0.39, 0.29) is 59.4 Å². The molecule has 0 spiro atoms. The van der Waals surface area contributed by atoms with Crippen LogP contribution in [-0.2, 0) is 48.4 Å². The van der Waals surface area contributed by atoms with Gasteiger partial charge in [-0.3, -0.25) is 0 Å². The minimum absolute atomic E-state index is 0. The van der Waals surface area contributed by atoms with Gasteiger partial charge in [-0.2, -0.15) is 0 Å². The summed E-state index contributed by atoms with van der Waals surface area (Å²) in [5.41, 5.74) is 0. The molecule has 0 aromatic rings. The van der Waals surface area contributed by atoms with E-state index in [1.54, 1.807) is 0 Å². The molecule has 5 nitrogen and oxygen atoms in total. The average molecular weight is 222 g/mol. The van der Waals surface area contributed by atoms with E-state index in [1.807, 2.05) is 0 Å². The first kappa shape index (κ1) is 17.2. The van der Waals surface area contributed by atoms with Gasteiger partial charge in [0.2, 0.25) is 0 Å². The molecule has 0 unspecified atom stereocenters. The zero-order valence-corrected chi connectivity index (χ0v) is 8.24. The fraction of sp³-hybridized carbons (Fsp3) is 0. The molecular weight excluding hydrogens is 218 g/mol. The summed E-state index contributed by atoms with van der Waals surface area (Å²) in [6, 6.07) is 0. The van der Waals surface area contributed by atoms with Crippen LogP contribution in [0.5, 0.6) is 0 Å². The summed E-state index contributed by atoms with van der Waals surface area (Å²) in [5, 5.41) is 0. The van der Waals surface area contributed by atoms with Crippen LogP contribution in [0.3, 0.4) is 0 Å². The molecule has 0 saturated carbocycles. The van der Waals surface area contributed by atoms with Gasteiger partial charge in [-0.1, -0.05) is 0 Å². The molecule has 0 bridgehead atoms. The number of rotatable bonds is 0. The standard InChI is InChI=1S/Cr.Li.H3O5P.Ti.H/c;;1-6(2,3)4-5-6;;/h;;1-3H;;/q;+1;;;-1. The Balaban J connectivity index is -0.0000000450. The van der Waals surface area contributed by atoms with Crippen molar-refractivity contribution >= 4 is 7.74 Å². The average Bonchev–Trinajstić information content (AvgIpc) is 1.73. The van der Waals surface area contributed by atoms with Crippen LogP contribution in [0.15, 0.2) is 0 Å². The summed E-state index contributed by atoms with van der Waals surface area (Å²) < 4.78 is 6.76. The molecule has 1 rings (SSSR count). The summed E-state index contributed by atoms with van der Waals surface area (Å²) >= 11 is 0. The molecule has 9 heavy (non-hydrogen) atoms. The van der Waals surface area contributed by atoms with Crippen molar-refractivity contribution in [2.75, 3.05) is 0 Å². The maximum Gasteiger partial charge on any atom is 1.00 e. The zero-order chi connectivity index (χ0) is 4.86. The molecular formula is H4CrLiO5PTi. The Morgan fingerprint density at radius 2 is 1.22 bits per heavy atom. The molecule has 3 N–H and O–H groups in total. The number of hydrogen-bond acceptors (Lipinski definition) is 5. The van der Waals surface area contributed by atoms with Gasteiger partial charge in [0, 0.05) is 39.1 Å². The van der Waals surface area contributed by atoms with Gasteiger partial charge in [-0.05, 0) is 0 Å². The van der Waals surface area contributed by atoms with E-state index >= 15 is 0 Å². The molecule has 9 heteroatoms. The van der Waals surface area contributed by atoms with Crippen molar-refractivity contribution in [3.05, 3.63) is 0 Å². The summed E-state index contributed by atoms with van der Waals surface area (Å²) in [7, 11) is -4.80. The van der Waals surface area contributed by atoms with Crippen molar-refractivity contribution in [3.8, 4) is 0 Å². The van der Waals surface area contributed by atoms with Crippen LogP contribution in [0.1, 0.15) is 1.43 Å². The Hall–Kier alpha value is 2.07. The van der Waals surface area contributed by atoms with Gasteiger partial charge in [0.25, 0.3) is 0 Å². The van der Waals surface area contributed by atoms with Crippen LogP contribution in [0.2, 0.25) is 0 Å². The predicted molar refractivity (Wildman–Crippen MR) is 16.9 cm³/mol. The predicted octanol–water partition coefficient (Wildman–Crippen LogP) is -3.84. The van der Waals surface area contributed by atoms with Crippen molar-refractivity contribution in [2.24, 2.45) is 0 Å². The van der Waals surface area contributed by atoms with Gasteiger partial charge >= 0.3 is 50.6 Å². The first-order valence-corrected chi connectivity index (χ1v) is 3.06. The fourth-order valence-corrected chi connectivity index (χ4v) is 0.402. The van der Waals surface area contributed by atoms with Crippen LogP contribution >= 0.6 is 7.74 Å². The molecule has 0 radical (unpaired) electrons. The van der Waals surface area contributed by atoms with E-state index in [0.29, 0.717) is 0 Å². The fourth-order valence-electron chi connectivity index (χ4n) is 0.0447. The molecule has 0 aromatic heterocycles. The monoisotopic (exact) mass is 222 g/mol. The van der Waals surface area contributed by atoms with Crippen LogP contribution in [0.25, 0.3) is 0 Å². The third kappa shape index (κ3) is 7.98. The van der Waals surface area contributed by atoms with Gasteiger partial charge in [0.1, 0.15) is 0 Å². The largest absolute Gasteiger partial charge is 1.00 e. The topological polar surface area (TPSA) is 85.8 Å². The molecule has 0 amide bonds. The Morgan fingerprint density at radius 3 is 1.22 bits per heavy atom. The normalized spacial score (nSPS) is 28.6. The second-order valence-corrected chi connectivity index (χ2v) is 2.95. The van der Waals surface area contributed by atoms with Gasteiger partial charge < -0.3 is 1.43 Å². The van der Waals surface area contributed by atoms with Gasteiger partial charge in [-0.15, -0.1) is 0 Å². The summed E-state index contributed by atoms with van der Waals surface area (Å²) in [4.78, 5) is 23.7. The number of hydrogen-bond donors (Lipinski definition) is 3. The van der Waals surface area contributed by atoms with E-state index in [9.17, 15) is 0 Å². The summed E-state index contributed by atoms with van der Waals surface area (Å²) in [5.74, 6) is 0. The molecule has 1 aliphatic rings. The molecule has 1 heterocycles. The molecule has 1 saturated heterocycles. The summed E-state index contributed by atoms with van der Waals surface area (Å²) in [6.07, 6.45) is 0. The first-order valence-electron chi connectivity index (χ1n) is 1.13. The smallest absolute Gasteiger partial charge is 1.00 e. The SMILES string of the molecule is OP1(O)(O)OO1.[Cr].[H-].[Li+].[Ti]. The quantitative estimate of drug-likeness (QED) is 0.169. The third-order valence-electron chi connectivity index (χ3n) is 0.275. The second-order valence-electron chi connectivity index (χ2n) is 0.982. The van der Waals surface area contributed by atoms with Crippen LogP contribution in [-0.4, -0.2) is 14.7 Å². The van der Waals surface area contributed by atoms with Crippen LogP contribution in [0, 0.1) is 0 Å². The van der Waals surface area contributed by atoms with Crippen molar-refractivity contribution in [1.82, 2.24) is 0 Å². The van der Waals surface area contributed by atoms with Gasteiger partial charge in [0.15, 0.2) is 0 Å². The van der Waals surface area contributed by atoms with Crippen LogP contribution in [0.4, 0.5) is 0 Å². The van der Waals surface area contributed by atoms with Gasteiger partial charge in [-0.25, -0.2) is 0 Å². The van der Waals surface area contributed by atoms with E-state index in [4.69, 9.17) is 14.7 Å². The van der Waals surface area contributed by atoms with Gasteiger partial charge in [0.05, 0.1) is 0 Å². The zero-order valence-electron chi connectivity index (χ0n) is 5.51. The minimum Gasteiger partial charge on any atom is -1.00 e. The Morgan fingerprint density at radius 1 is 1.11 bits per heavy atom. The molecule has 0 aromatic carbocycles. The second kappa shape index (κ2) is 4.19. The molecule has 0 aliphatic carbocycles. The first-order chi connectivity index (χ1) is 2.47. The molecule has 50 valence electrons. The maximum absolute atomic E-state index is 7.89. The van der Waals surface area contributed by atoms with E-state index in [0.717, 1.165) is 0 Å². The third-order valence-corrected chi connectivity index (χ3v) is 0.824. The van der Waals surface area contributed by atoms with Crippen molar-refractivity contribution in [2.45, 2.75) is 0 Å². The van der Waals surface area contributed by atoms with Crippen molar-refractivity contribution < 1.29 is 83.4 Å². The van der Waals surface area contributed by atoms with Crippen LogP contribution < -0.4 is 18.9 Å². The van der Waals surface area contributed by atoms with Crippen molar-refractivity contribution in [3.63, 3.8) is 0 Å².